The summed E-state index contributed by atoms with van der Waals surface area (Å²) in [6.45, 7) is 1.57. The minimum atomic E-state index is -0.645. The zero-order chi connectivity index (χ0) is 14.6. The number of halogens is 1. The summed E-state index contributed by atoms with van der Waals surface area (Å²) in [4.78, 5) is 34.8. The third-order valence-electron chi connectivity index (χ3n) is 2.28. The summed E-state index contributed by atoms with van der Waals surface area (Å²) in [6, 6.07) is 0. The van der Waals surface area contributed by atoms with Gasteiger partial charge in [0.1, 0.15) is 15.8 Å². The molecule has 0 aliphatic rings. The summed E-state index contributed by atoms with van der Waals surface area (Å²) in [5.74, 6) is -1.97. The Hall–Kier alpha value is -1.60. The van der Waals surface area contributed by atoms with Gasteiger partial charge in [-0.15, -0.1) is 22.9 Å². The fourth-order valence-corrected chi connectivity index (χ4v) is 2.59. The summed E-state index contributed by atoms with van der Waals surface area (Å²) in [6.07, 6.45) is 0. The van der Waals surface area contributed by atoms with Crippen LogP contribution in [-0.2, 0) is 14.3 Å². The molecule has 0 saturated carbocycles. The number of ether oxygens (including phenoxy) is 2. The molecule has 0 atom stereocenters. The van der Waals surface area contributed by atoms with Crippen LogP contribution < -0.4 is 5.32 Å². The minimum Gasteiger partial charge on any atom is -0.465 e. The van der Waals surface area contributed by atoms with E-state index in [0.717, 1.165) is 11.3 Å². The van der Waals surface area contributed by atoms with E-state index in [9.17, 15) is 14.4 Å². The van der Waals surface area contributed by atoms with Crippen LogP contribution in [0.5, 0.6) is 0 Å². The summed E-state index contributed by atoms with van der Waals surface area (Å²) in [7, 11) is 2.45. The molecule has 1 aromatic heterocycles. The van der Waals surface area contributed by atoms with E-state index >= 15 is 0 Å². The van der Waals surface area contributed by atoms with Gasteiger partial charge in [0.25, 0.3) is 0 Å². The average molecular weight is 306 g/mol. The topological polar surface area (TPSA) is 81.7 Å². The molecule has 0 fully saturated rings. The normalized spacial score (nSPS) is 9.89. The van der Waals surface area contributed by atoms with Crippen LogP contribution >= 0.6 is 22.9 Å². The number of hydrogen-bond donors (Lipinski definition) is 1. The van der Waals surface area contributed by atoms with Crippen molar-refractivity contribution in [3.8, 4) is 0 Å². The van der Waals surface area contributed by atoms with Crippen molar-refractivity contribution in [2.45, 2.75) is 6.92 Å². The molecule has 104 valence electrons. The van der Waals surface area contributed by atoms with E-state index in [0.29, 0.717) is 5.56 Å². The van der Waals surface area contributed by atoms with E-state index < -0.39 is 17.8 Å². The van der Waals surface area contributed by atoms with Crippen LogP contribution in [0.4, 0.5) is 5.00 Å². The summed E-state index contributed by atoms with van der Waals surface area (Å²) >= 11 is 6.33. The molecule has 19 heavy (non-hydrogen) atoms. The van der Waals surface area contributed by atoms with Gasteiger partial charge in [-0.1, -0.05) is 0 Å². The maximum absolute atomic E-state index is 11.7. The van der Waals surface area contributed by atoms with Crippen molar-refractivity contribution in [2.75, 3.05) is 25.4 Å². The number of thiophene rings is 1. The van der Waals surface area contributed by atoms with Crippen LogP contribution in [0.2, 0.25) is 0 Å². The Morgan fingerprint density at radius 1 is 1.21 bits per heavy atom. The molecule has 0 bridgehead atoms. The standard InChI is InChI=1S/C11H12ClNO5S/c1-5-7(10(15)17-2)9(13-6(14)4-12)19-8(5)11(16)18-3/h4H2,1-3H3,(H,13,14). The van der Waals surface area contributed by atoms with E-state index in [2.05, 4.69) is 14.8 Å². The van der Waals surface area contributed by atoms with Gasteiger partial charge < -0.3 is 14.8 Å². The lowest BCUT2D eigenvalue weighted by molar-refractivity contribution is -0.113. The van der Waals surface area contributed by atoms with Gasteiger partial charge in [0.05, 0.1) is 19.8 Å². The van der Waals surface area contributed by atoms with Crippen molar-refractivity contribution >= 4 is 45.8 Å². The second kappa shape index (κ2) is 6.53. The van der Waals surface area contributed by atoms with Crippen LogP contribution in [0.25, 0.3) is 0 Å². The summed E-state index contributed by atoms with van der Waals surface area (Å²) in [5.41, 5.74) is 0.528. The summed E-state index contributed by atoms with van der Waals surface area (Å²) < 4.78 is 9.24. The third-order valence-corrected chi connectivity index (χ3v) is 3.71. The second-order valence-corrected chi connectivity index (χ2v) is 4.71. The van der Waals surface area contributed by atoms with Crippen LogP contribution in [0.15, 0.2) is 0 Å². The molecule has 0 aliphatic carbocycles. The third kappa shape index (κ3) is 3.24. The fourth-order valence-electron chi connectivity index (χ4n) is 1.40. The Balaban J connectivity index is 3.31. The molecule has 1 rings (SSSR count). The number of alkyl halides is 1. The van der Waals surface area contributed by atoms with E-state index in [4.69, 9.17) is 11.6 Å². The number of rotatable bonds is 4. The molecule has 0 radical (unpaired) electrons. The monoisotopic (exact) mass is 305 g/mol. The molecule has 0 unspecified atom stereocenters. The summed E-state index contributed by atoms with van der Waals surface area (Å²) in [5, 5.41) is 2.67. The Bertz CT molecular complexity index is 525. The molecule has 0 spiro atoms. The van der Waals surface area contributed by atoms with Crippen LogP contribution in [0.1, 0.15) is 25.6 Å². The highest BCUT2D eigenvalue weighted by molar-refractivity contribution is 7.18. The molecule has 6 nitrogen and oxygen atoms in total. The number of methoxy groups -OCH3 is 2. The molecular formula is C11H12ClNO5S. The van der Waals surface area contributed by atoms with Gasteiger partial charge in [0.2, 0.25) is 5.91 Å². The van der Waals surface area contributed by atoms with Crippen LogP contribution in [-0.4, -0.2) is 37.9 Å². The molecule has 1 amide bonds. The first-order chi connectivity index (χ1) is 8.96. The number of amides is 1. The van der Waals surface area contributed by atoms with Crippen molar-refractivity contribution in [3.05, 3.63) is 16.0 Å². The highest BCUT2D eigenvalue weighted by Gasteiger charge is 2.26. The van der Waals surface area contributed by atoms with Gasteiger partial charge in [-0.05, 0) is 12.5 Å². The maximum Gasteiger partial charge on any atom is 0.348 e. The highest BCUT2D eigenvalue weighted by Crippen LogP contribution is 2.34. The van der Waals surface area contributed by atoms with E-state index in [1.807, 2.05) is 0 Å². The smallest absolute Gasteiger partial charge is 0.348 e. The molecule has 1 heterocycles. The van der Waals surface area contributed by atoms with Gasteiger partial charge in [-0.3, -0.25) is 4.79 Å². The van der Waals surface area contributed by atoms with E-state index in [1.165, 1.54) is 14.2 Å². The molecule has 0 aliphatic heterocycles. The lowest BCUT2D eigenvalue weighted by atomic mass is 10.1. The Kier molecular flexibility index (Phi) is 5.31. The quantitative estimate of drug-likeness (QED) is 0.677. The fraction of sp³-hybridized carbons (Fsp3) is 0.364. The average Bonchev–Trinajstić information content (AvgIpc) is 2.73. The Labute approximate surface area is 118 Å². The molecule has 1 N–H and O–H groups in total. The van der Waals surface area contributed by atoms with Crippen molar-refractivity contribution < 1.29 is 23.9 Å². The van der Waals surface area contributed by atoms with Crippen molar-refractivity contribution in [2.24, 2.45) is 0 Å². The SMILES string of the molecule is COC(=O)c1sc(NC(=O)CCl)c(C(=O)OC)c1C. The predicted molar refractivity (Wildman–Crippen MR) is 71.1 cm³/mol. The molecular weight excluding hydrogens is 294 g/mol. The van der Waals surface area contributed by atoms with Gasteiger partial charge in [0.15, 0.2) is 0 Å². The largest absolute Gasteiger partial charge is 0.465 e. The van der Waals surface area contributed by atoms with Gasteiger partial charge in [-0.2, -0.15) is 0 Å². The van der Waals surface area contributed by atoms with Crippen molar-refractivity contribution in [3.63, 3.8) is 0 Å². The maximum atomic E-state index is 11.7. The number of nitrogens with one attached hydrogen (secondary N) is 1. The number of anilines is 1. The number of carbonyl (C=O) groups excluding carboxylic acids is 3. The predicted octanol–water partition coefficient (Wildman–Crippen LogP) is 1.81. The molecule has 0 aromatic carbocycles. The van der Waals surface area contributed by atoms with Crippen LogP contribution in [0, 0.1) is 6.92 Å². The van der Waals surface area contributed by atoms with Crippen LogP contribution in [0.3, 0.4) is 0 Å². The molecule has 8 heteroatoms. The van der Waals surface area contributed by atoms with Crippen molar-refractivity contribution in [1.29, 1.82) is 0 Å². The van der Waals surface area contributed by atoms with E-state index in [-0.39, 0.29) is 21.3 Å². The van der Waals surface area contributed by atoms with Gasteiger partial charge in [-0.25, -0.2) is 9.59 Å². The Morgan fingerprint density at radius 3 is 2.26 bits per heavy atom. The van der Waals surface area contributed by atoms with Gasteiger partial charge >= 0.3 is 11.9 Å². The highest BCUT2D eigenvalue weighted by atomic mass is 35.5. The first kappa shape index (κ1) is 15.5. The minimum absolute atomic E-state index is 0.131. The lowest BCUT2D eigenvalue weighted by Crippen LogP contribution is -2.14. The zero-order valence-electron chi connectivity index (χ0n) is 10.5. The molecule has 1 aromatic rings. The zero-order valence-corrected chi connectivity index (χ0v) is 12.1. The number of esters is 2. The number of hydrogen-bond acceptors (Lipinski definition) is 6. The van der Waals surface area contributed by atoms with Crippen molar-refractivity contribution in [1.82, 2.24) is 0 Å². The second-order valence-electron chi connectivity index (χ2n) is 3.43. The first-order valence-electron chi connectivity index (χ1n) is 5.12. The lowest BCUT2D eigenvalue weighted by Gasteiger charge is -2.04. The van der Waals surface area contributed by atoms with E-state index in [1.54, 1.807) is 6.92 Å². The molecule has 0 saturated heterocycles. The number of carbonyl (C=O) groups is 3. The van der Waals surface area contributed by atoms with Gasteiger partial charge in [0, 0.05) is 0 Å². The first-order valence-corrected chi connectivity index (χ1v) is 6.47. The Morgan fingerprint density at radius 2 is 1.79 bits per heavy atom.